The van der Waals surface area contributed by atoms with Gasteiger partial charge >= 0.3 is 5.97 Å². The molecule has 0 saturated carbocycles. The Bertz CT molecular complexity index is 580. The van der Waals surface area contributed by atoms with Crippen LogP contribution in [0.25, 0.3) is 0 Å². The molecule has 6 heteroatoms. The van der Waals surface area contributed by atoms with Gasteiger partial charge in [0, 0.05) is 18.9 Å². The van der Waals surface area contributed by atoms with Gasteiger partial charge in [-0.25, -0.2) is 4.79 Å². The van der Waals surface area contributed by atoms with E-state index in [1.807, 2.05) is 13.1 Å². The van der Waals surface area contributed by atoms with Crippen molar-refractivity contribution in [3.63, 3.8) is 0 Å². The molecule has 1 aromatic carbocycles. The lowest BCUT2D eigenvalue weighted by Crippen LogP contribution is -2.06. The molecule has 0 bridgehead atoms. The van der Waals surface area contributed by atoms with Crippen molar-refractivity contribution in [2.45, 2.75) is 6.54 Å². The number of halogens is 1. The van der Waals surface area contributed by atoms with E-state index >= 15 is 0 Å². The molecule has 0 saturated heterocycles. The molecule has 0 atom stereocenters. The van der Waals surface area contributed by atoms with Gasteiger partial charge in [0.25, 0.3) is 0 Å². The second kappa shape index (κ2) is 5.10. The van der Waals surface area contributed by atoms with Crippen molar-refractivity contribution in [2.75, 3.05) is 5.32 Å². The number of nitrogens with zero attached hydrogens (tertiary/aromatic N) is 2. The van der Waals surface area contributed by atoms with Crippen LogP contribution in [0.3, 0.4) is 0 Å². The number of aromatic carboxylic acids is 1. The van der Waals surface area contributed by atoms with Gasteiger partial charge in [0.15, 0.2) is 0 Å². The second-order valence-electron chi connectivity index (χ2n) is 3.80. The maximum atomic E-state index is 10.8. The van der Waals surface area contributed by atoms with Crippen molar-refractivity contribution in [1.29, 1.82) is 0 Å². The minimum Gasteiger partial charge on any atom is -0.478 e. The van der Waals surface area contributed by atoms with E-state index in [-0.39, 0.29) is 10.6 Å². The Morgan fingerprint density at radius 2 is 2.28 bits per heavy atom. The Kier molecular flexibility index (Phi) is 3.53. The molecule has 18 heavy (non-hydrogen) atoms. The Morgan fingerprint density at radius 3 is 2.83 bits per heavy atom. The number of carboxylic acid groups (broad SMARTS) is 1. The maximum Gasteiger partial charge on any atom is 0.337 e. The third-order valence-corrected chi connectivity index (χ3v) is 2.91. The first kappa shape index (κ1) is 12.4. The Morgan fingerprint density at radius 1 is 1.50 bits per heavy atom. The molecule has 1 heterocycles. The van der Waals surface area contributed by atoms with Gasteiger partial charge in [-0.15, -0.1) is 0 Å². The molecule has 0 radical (unpaired) electrons. The van der Waals surface area contributed by atoms with Crippen molar-refractivity contribution in [3.8, 4) is 0 Å². The normalized spacial score (nSPS) is 10.3. The number of rotatable bonds is 4. The van der Waals surface area contributed by atoms with Crippen LogP contribution in [0.15, 0.2) is 30.5 Å². The number of aromatic nitrogens is 2. The quantitative estimate of drug-likeness (QED) is 0.891. The number of hydrogen-bond acceptors (Lipinski definition) is 3. The van der Waals surface area contributed by atoms with Gasteiger partial charge in [-0.05, 0) is 24.3 Å². The standard InChI is InChI=1S/C12H12ClN3O2/c1-16-9(4-5-15-16)7-14-8-2-3-10(12(17)18)11(13)6-8/h2-6,14H,7H2,1H3,(H,17,18). The van der Waals surface area contributed by atoms with Gasteiger partial charge < -0.3 is 10.4 Å². The van der Waals surface area contributed by atoms with Crippen LogP contribution in [-0.2, 0) is 13.6 Å². The van der Waals surface area contributed by atoms with E-state index in [1.165, 1.54) is 6.07 Å². The number of nitrogens with one attached hydrogen (secondary N) is 1. The van der Waals surface area contributed by atoms with Crippen LogP contribution in [0.2, 0.25) is 5.02 Å². The smallest absolute Gasteiger partial charge is 0.337 e. The summed E-state index contributed by atoms with van der Waals surface area (Å²) in [5.74, 6) is -1.03. The lowest BCUT2D eigenvalue weighted by molar-refractivity contribution is 0.0697. The first-order valence-electron chi connectivity index (χ1n) is 5.31. The van der Waals surface area contributed by atoms with E-state index in [9.17, 15) is 4.79 Å². The summed E-state index contributed by atoms with van der Waals surface area (Å²) in [5, 5.41) is 16.3. The summed E-state index contributed by atoms with van der Waals surface area (Å²) < 4.78 is 1.76. The molecule has 94 valence electrons. The highest BCUT2D eigenvalue weighted by Gasteiger charge is 2.08. The third kappa shape index (κ3) is 2.62. The summed E-state index contributed by atoms with van der Waals surface area (Å²) in [6, 6.07) is 6.67. The topological polar surface area (TPSA) is 67.2 Å². The molecular formula is C12H12ClN3O2. The van der Waals surface area contributed by atoms with Gasteiger partial charge in [-0.3, -0.25) is 4.68 Å². The first-order valence-corrected chi connectivity index (χ1v) is 5.69. The zero-order chi connectivity index (χ0) is 13.1. The molecule has 0 aliphatic heterocycles. The molecule has 0 amide bonds. The molecule has 0 unspecified atom stereocenters. The monoisotopic (exact) mass is 265 g/mol. The average Bonchev–Trinajstić information content (AvgIpc) is 2.72. The largest absolute Gasteiger partial charge is 0.478 e. The number of carboxylic acids is 1. The van der Waals surface area contributed by atoms with Gasteiger partial charge in [0.1, 0.15) is 0 Å². The predicted molar refractivity (Wildman–Crippen MR) is 68.9 cm³/mol. The highest BCUT2D eigenvalue weighted by atomic mass is 35.5. The van der Waals surface area contributed by atoms with E-state index in [0.29, 0.717) is 6.54 Å². The van der Waals surface area contributed by atoms with Gasteiger partial charge in [0.2, 0.25) is 0 Å². The lowest BCUT2D eigenvalue weighted by Gasteiger charge is -2.08. The van der Waals surface area contributed by atoms with Crippen molar-refractivity contribution in [2.24, 2.45) is 7.05 Å². The van der Waals surface area contributed by atoms with E-state index < -0.39 is 5.97 Å². The summed E-state index contributed by atoms with van der Waals surface area (Å²) in [5.41, 5.74) is 1.89. The molecule has 2 rings (SSSR count). The van der Waals surface area contributed by atoms with Crippen LogP contribution in [0.4, 0.5) is 5.69 Å². The molecule has 0 spiro atoms. The fourth-order valence-electron chi connectivity index (χ4n) is 1.57. The fourth-order valence-corrected chi connectivity index (χ4v) is 1.83. The average molecular weight is 266 g/mol. The number of aryl methyl sites for hydroxylation is 1. The predicted octanol–water partition coefficient (Wildman–Crippen LogP) is 2.38. The highest BCUT2D eigenvalue weighted by molar-refractivity contribution is 6.33. The van der Waals surface area contributed by atoms with Crippen molar-refractivity contribution in [1.82, 2.24) is 9.78 Å². The molecule has 0 aliphatic carbocycles. The van der Waals surface area contributed by atoms with E-state index in [0.717, 1.165) is 11.4 Å². The second-order valence-corrected chi connectivity index (χ2v) is 4.21. The number of anilines is 1. The van der Waals surface area contributed by atoms with E-state index in [2.05, 4.69) is 10.4 Å². The number of carbonyl (C=O) groups is 1. The van der Waals surface area contributed by atoms with Crippen LogP contribution in [-0.4, -0.2) is 20.9 Å². The van der Waals surface area contributed by atoms with Crippen LogP contribution in [0.1, 0.15) is 16.1 Å². The molecule has 5 nitrogen and oxygen atoms in total. The Hall–Kier alpha value is -2.01. The minimum atomic E-state index is -1.03. The maximum absolute atomic E-state index is 10.8. The molecular weight excluding hydrogens is 254 g/mol. The zero-order valence-electron chi connectivity index (χ0n) is 9.72. The fraction of sp³-hybridized carbons (Fsp3) is 0.167. The molecule has 1 aromatic heterocycles. The Balaban J connectivity index is 2.09. The zero-order valence-corrected chi connectivity index (χ0v) is 10.5. The van der Waals surface area contributed by atoms with Crippen LogP contribution in [0.5, 0.6) is 0 Å². The Labute approximate surface area is 109 Å². The van der Waals surface area contributed by atoms with Crippen molar-refractivity contribution >= 4 is 23.3 Å². The SMILES string of the molecule is Cn1nccc1CNc1ccc(C(=O)O)c(Cl)c1. The van der Waals surface area contributed by atoms with Crippen molar-refractivity contribution < 1.29 is 9.90 Å². The van der Waals surface area contributed by atoms with Crippen molar-refractivity contribution in [3.05, 3.63) is 46.7 Å². The highest BCUT2D eigenvalue weighted by Crippen LogP contribution is 2.21. The summed E-state index contributed by atoms with van der Waals surface area (Å²) >= 11 is 5.88. The van der Waals surface area contributed by atoms with E-state index in [1.54, 1.807) is 23.0 Å². The molecule has 0 aliphatic rings. The lowest BCUT2D eigenvalue weighted by atomic mass is 10.2. The number of benzene rings is 1. The molecule has 2 aromatic rings. The molecule has 0 fully saturated rings. The summed E-state index contributed by atoms with van der Waals surface area (Å²) in [6.45, 7) is 0.596. The van der Waals surface area contributed by atoms with Gasteiger partial charge in [0.05, 0.1) is 22.8 Å². The minimum absolute atomic E-state index is 0.0998. The van der Waals surface area contributed by atoms with Gasteiger partial charge in [-0.2, -0.15) is 5.10 Å². The van der Waals surface area contributed by atoms with E-state index in [4.69, 9.17) is 16.7 Å². The summed E-state index contributed by atoms with van der Waals surface area (Å²) in [4.78, 5) is 10.8. The van der Waals surface area contributed by atoms with Crippen LogP contribution in [0, 0.1) is 0 Å². The van der Waals surface area contributed by atoms with Crippen LogP contribution < -0.4 is 5.32 Å². The van der Waals surface area contributed by atoms with Crippen LogP contribution >= 0.6 is 11.6 Å². The summed E-state index contributed by atoms with van der Waals surface area (Å²) in [6.07, 6.45) is 1.72. The number of hydrogen-bond donors (Lipinski definition) is 2. The first-order chi connectivity index (χ1) is 8.58. The summed E-state index contributed by atoms with van der Waals surface area (Å²) in [7, 11) is 1.86. The third-order valence-electron chi connectivity index (χ3n) is 2.60. The van der Waals surface area contributed by atoms with Gasteiger partial charge in [-0.1, -0.05) is 11.6 Å². The molecule has 2 N–H and O–H groups in total.